The van der Waals surface area contributed by atoms with Gasteiger partial charge < -0.3 is 15.1 Å². The molecule has 1 aromatic carbocycles. The lowest BCUT2D eigenvalue weighted by Gasteiger charge is -2.34. The van der Waals surface area contributed by atoms with Gasteiger partial charge >= 0.3 is 6.03 Å². The largest absolute Gasteiger partial charge is 0.339 e. The lowest BCUT2D eigenvalue weighted by atomic mass is 10.0. The Bertz CT molecular complexity index is 563. The van der Waals surface area contributed by atoms with Gasteiger partial charge in [-0.1, -0.05) is 25.1 Å². The number of amides is 3. The molecule has 0 spiro atoms. The highest BCUT2D eigenvalue weighted by Gasteiger charge is 2.23. The fourth-order valence-corrected chi connectivity index (χ4v) is 2.70. The lowest BCUT2D eigenvalue weighted by Crippen LogP contribution is -2.53. The molecule has 0 unspecified atom stereocenters. The third-order valence-corrected chi connectivity index (χ3v) is 4.37. The van der Waals surface area contributed by atoms with Crippen LogP contribution >= 0.6 is 0 Å². The molecule has 1 aliphatic heterocycles. The lowest BCUT2D eigenvalue weighted by molar-refractivity contribution is -0.131. The number of carbonyl (C=O) groups excluding carboxylic acids is 2. The molecule has 2 rings (SSSR count). The van der Waals surface area contributed by atoms with E-state index < -0.39 is 0 Å². The van der Waals surface area contributed by atoms with Crippen LogP contribution in [0.15, 0.2) is 18.2 Å². The summed E-state index contributed by atoms with van der Waals surface area (Å²) in [5, 5.41) is 2.88. The number of nitrogens with zero attached hydrogens (tertiary/aromatic N) is 2. The molecule has 1 N–H and O–H groups in total. The van der Waals surface area contributed by atoms with Crippen LogP contribution in [0.4, 0.5) is 4.79 Å². The molecule has 1 aliphatic rings. The molecular weight excluding hydrogens is 290 g/mol. The van der Waals surface area contributed by atoms with Gasteiger partial charge in [0.25, 0.3) is 0 Å². The van der Waals surface area contributed by atoms with Crippen molar-refractivity contribution in [2.75, 3.05) is 32.7 Å². The van der Waals surface area contributed by atoms with Crippen LogP contribution in [0.25, 0.3) is 0 Å². The highest BCUT2D eigenvalue weighted by Crippen LogP contribution is 2.12. The van der Waals surface area contributed by atoms with Gasteiger partial charge in [0.1, 0.15) is 0 Å². The molecule has 1 saturated heterocycles. The van der Waals surface area contributed by atoms with E-state index in [9.17, 15) is 9.59 Å². The molecule has 1 heterocycles. The number of hydrogen-bond donors (Lipinski definition) is 1. The van der Waals surface area contributed by atoms with Crippen LogP contribution in [0.5, 0.6) is 0 Å². The fourth-order valence-electron chi connectivity index (χ4n) is 2.70. The third kappa shape index (κ3) is 4.71. The second kappa shape index (κ2) is 7.99. The zero-order valence-electron chi connectivity index (χ0n) is 14.4. The summed E-state index contributed by atoms with van der Waals surface area (Å²) >= 11 is 0. The molecule has 5 heteroatoms. The van der Waals surface area contributed by atoms with Crippen LogP contribution in [-0.2, 0) is 11.2 Å². The quantitative estimate of drug-likeness (QED) is 0.925. The first-order valence-corrected chi connectivity index (χ1v) is 8.38. The van der Waals surface area contributed by atoms with Crippen molar-refractivity contribution in [2.24, 2.45) is 0 Å². The Morgan fingerprint density at radius 1 is 1.04 bits per heavy atom. The van der Waals surface area contributed by atoms with Gasteiger partial charge in [-0.05, 0) is 37.0 Å². The van der Waals surface area contributed by atoms with Crippen molar-refractivity contribution >= 4 is 11.9 Å². The van der Waals surface area contributed by atoms with Crippen molar-refractivity contribution < 1.29 is 9.59 Å². The molecule has 0 aromatic heterocycles. The van der Waals surface area contributed by atoms with Gasteiger partial charge in [0.15, 0.2) is 0 Å². The van der Waals surface area contributed by atoms with Crippen LogP contribution in [0.1, 0.15) is 30.0 Å². The Hall–Kier alpha value is -2.04. The number of aryl methyl sites for hydroxylation is 2. The minimum atomic E-state index is -0.0203. The Morgan fingerprint density at radius 2 is 1.70 bits per heavy atom. The first-order chi connectivity index (χ1) is 11.0. The van der Waals surface area contributed by atoms with E-state index in [1.165, 1.54) is 11.1 Å². The molecule has 126 valence electrons. The van der Waals surface area contributed by atoms with Crippen LogP contribution in [-0.4, -0.2) is 54.5 Å². The molecule has 1 fully saturated rings. The van der Waals surface area contributed by atoms with Crippen LogP contribution in [0, 0.1) is 13.8 Å². The minimum absolute atomic E-state index is 0.0203. The monoisotopic (exact) mass is 317 g/mol. The van der Waals surface area contributed by atoms with Crippen LogP contribution in [0.2, 0.25) is 0 Å². The molecule has 5 nitrogen and oxygen atoms in total. The number of piperazine rings is 1. The predicted molar refractivity (Wildman–Crippen MR) is 91.5 cm³/mol. The molecule has 0 radical (unpaired) electrons. The summed E-state index contributed by atoms with van der Waals surface area (Å²) in [4.78, 5) is 28.0. The maximum atomic E-state index is 12.4. The van der Waals surface area contributed by atoms with E-state index in [-0.39, 0.29) is 11.9 Å². The average Bonchev–Trinajstić information content (AvgIpc) is 2.56. The minimum Gasteiger partial charge on any atom is -0.339 e. The van der Waals surface area contributed by atoms with E-state index in [0.29, 0.717) is 39.1 Å². The Labute approximate surface area is 138 Å². The van der Waals surface area contributed by atoms with Gasteiger partial charge in [0.05, 0.1) is 6.42 Å². The Kier molecular flexibility index (Phi) is 6.02. The molecule has 0 aliphatic carbocycles. The molecule has 0 bridgehead atoms. The summed E-state index contributed by atoms with van der Waals surface area (Å²) in [5.41, 5.74) is 3.52. The second-order valence-electron chi connectivity index (χ2n) is 6.20. The molecular formula is C18H27N3O2. The number of benzene rings is 1. The van der Waals surface area contributed by atoms with Gasteiger partial charge in [-0.2, -0.15) is 0 Å². The molecule has 23 heavy (non-hydrogen) atoms. The number of carbonyl (C=O) groups is 2. The van der Waals surface area contributed by atoms with E-state index in [2.05, 4.69) is 31.3 Å². The smallest absolute Gasteiger partial charge is 0.317 e. The summed E-state index contributed by atoms with van der Waals surface area (Å²) in [7, 11) is 0. The zero-order chi connectivity index (χ0) is 16.8. The van der Waals surface area contributed by atoms with E-state index in [1.807, 2.05) is 17.9 Å². The van der Waals surface area contributed by atoms with Crippen molar-refractivity contribution in [3.8, 4) is 0 Å². The van der Waals surface area contributed by atoms with Crippen molar-refractivity contribution in [1.29, 1.82) is 0 Å². The predicted octanol–water partition coefficient (Wildman–Crippen LogP) is 2.11. The van der Waals surface area contributed by atoms with Crippen molar-refractivity contribution in [2.45, 2.75) is 33.6 Å². The van der Waals surface area contributed by atoms with Gasteiger partial charge in [0.2, 0.25) is 5.91 Å². The van der Waals surface area contributed by atoms with E-state index in [1.54, 1.807) is 4.90 Å². The second-order valence-corrected chi connectivity index (χ2v) is 6.20. The molecule has 1 aromatic rings. The number of urea groups is 1. The zero-order valence-corrected chi connectivity index (χ0v) is 14.4. The molecule has 0 atom stereocenters. The first-order valence-electron chi connectivity index (χ1n) is 8.38. The summed E-state index contributed by atoms with van der Waals surface area (Å²) < 4.78 is 0. The normalized spacial score (nSPS) is 14.7. The number of rotatable bonds is 4. The summed E-state index contributed by atoms with van der Waals surface area (Å²) in [6, 6.07) is 6.15. The topological polar surface area (TPSA) is 52.7 Å². The van der Waals surface area contributed by atoms with Gasteiger partial charge in [0, 0.05) is 32.7 Å². The van der Waals surface area contributed by atoms with Crippen molar-refractivity contribution in [3.05, 3.63) is 34.9 Å². The highest BCUT2D eigenvalue weighted by molar-refractivity contribution is 5.79. The van der Waals surface area contributed by atoms with Crippen molar-refractivity contribution in [1.82, 2.24) is 15.1 Å². The SMILES string of the molecule is CCCNC(=O)N1CCN(C(=O)Cc2ccc(C)c(C)c2)CC1. The van der Waals surface area contributed by atoms with Crippen molar-refractivity contribution in [3.63, 3.8) is 0 Å². The maximum absolute atomic E-state index is 12.4. The van der Waals surface area contributed by atoms with Gasteiger partial charge in [-0.25, -0.2) is 4.79 Å². The Balaban J connectivity index is 1.83. The highest BCUT2D eigenvalue weighted by atomic mass is 16.2. The summed E-state index contributed by atoms with van der Waals surface area (Å²) in [6.45, 7) is 9.31. The summed E-state index contributed by atoms with van der Waals surface area (Å²) in [5.74, 6) is 0.141. The average molecular weight is 317 g/mol. The fraction of sp³-hybridized carbons (Fsp3) is 0.556. The number of nitrogens with one attached hydrogen (secondary N) is 1. The van der Waals surface area contributed by atoms with E-state index in [0.717, 1.165) is 12.0 Å². The van der Waals surface area contributed by atoms with E-state index >= 15 is 0 Å². The maximum Gasteiger partial charge on any atom is 0.317 e. The first kappa shape index (κ1) is 17.3. The van der Waals surface area contributed by atoms with Crippen LogP contribution in [0.3, 0.4) is 0 Å². The molecule has 0 saturated carbocycles. The third-order valence-electron chi connectivity index (χ3n) is 4.37. The molecule has 3 amide bonds. The van der Waals surface area contributed by atoms with Gasteiger partial charge in [-0.3, -0.25) is 4.79 Å². The van der Waals surface area contributed by atoms with Gasteiger partial charge in [-0.15, -0.1) is 0 Å². The number of hydrogen-bond acceptors (Lipinski definition) is 2. The standard InChI is InChI=1S/C18H27N3O2/c1-4-7-19-18(23)21-10-8-20(9-11-21)17(22)13-16-6-5-14(2)15(3)12-16/h5-6,12H,4,7-11,13H2,1-3H3,(H,19,23). The Morgan fingerprint density at radius 3 is 2.30 bits per heavy atom. The van der Waals surface area contributed by atoms with E-state index in [4.69, 9.17) is 0 Å². The summed E-state index contributed by atoms with van der Waals surface area (Å²) in [6.07, 6.45) is 1.36. The van der Waals surface area contributed by atoms with Crippen LogP contribution < -0.4 is 5.32 Å².